The predicted molar refractivity (Wildman–Crippen MR) is 148 cm³/mol. The van der Waals surface area contributed by atoms with Crippen molar-refractivity contribution in [3.8, 4) is 11.5 Å². The molecule has 0 unspecified atom stereocenters. The first-order chi connectivity index (χ1) is 17.9. The predicted octanol–water partition coefficient (Wildman–Crippen LogP) is 7.82. The Hall–Kier alpha value is -4.96. The molecule has 4 aromatic heterocycles. The Labute approximate surface area is 206 Å². The second-order valence-corrected chi connectivity index (χ2v) is 9.08. The third-order valence-electron chi connectivity index (χ3n) is 7.18. The van der Waals surface area contributed by atoms with E-state index in [1.54, 1.807) is 0 Å². The van der Waals surface area contributed by atoms with Gasteiger partial charge in [-0.05, 0) is 42.5 Å². The Morgan fingerprint density at radius 3 is 1.83 bits per heavy atom. The molecule has 4 nitrogen and oxygen atoms in total. The van der Waals surface area contributed by atoms with Crippen molar-refractivity contribution in [2.75, 3.05) is 0 Å². The molecule has 0 N–H and O–H groups in total. The zero-order chi connectivity index (χ0) is 23.6. The van der Waals surface area contributed by atoms with Crippen LogP contribution in [0.2, 0.25) is 0 Å². The summed E-state index contributed by atoms with van der Waals surface area (Å²) in [7, 11) is 0. The van der Waals surface area contributed by atoms with Gasteiger partial charge in [0.2, 0.25) is 0 Å². The number of para-hydroxylation sites is 3. The van der Waals surface area contributed by atoms with E-state index in [1.807, 2.05) is 24.5 Å². The highest BCUT2D eigenvalue weighted by Crippen LogP contribution is 2.45. The number of hydrogen-bond donors (Lipinski definition) is 0. The second kappa shape index (κ2) is 7.27. The average molecular weight is 461 g/mol. The SMILES string of the molecule is c1ccc(-n2c3ccccc3c3c4ncccc4c4c5ccccc5n(-c5ccccn5)c4c32)cc1. The van der Waals surface area contributed by atoms with E-state index in [9.17, 15) is 0 Å². The fourth-order valence-corrected chi connectivity index (χ4v) is 5.82. The largest absolute Gasteiger partial charge is 0.307 e. The van der Waals surface area contributed by atoms with Gasteiger partial charge in [-0.25, -0.2) is 4.98 Å². The molecule has 0 atom stereocenters. The maximum absolute atomic E-state index is 4.97. The maximum Gasteiger partial charge on any atom is 0.137 e. The molecule has 0 spiro atoms. The summed E-state index contributed by atoms with van der Waals surface area (Å²) in [6.45, 7) is 0. The van der Waals surface area contributed by atoms with Crippen molar-refractivity contribution in [1.82, 2.24) is 19.1 Å². The van der Waals surface area contributed by atoms with Gasteiger partial charge in [-0.1, -0.05) is 66.7 Å². The van der Waals surface area contributed by atoms with Gasteiger partial charge in [0.05, 0.1) is 27.6 Å². The lowest BCUT2D eigenvalue weighted by atomic mass is 10.0. The van der Waals surface area contributed by atoms with Crippen molar-refractivity contribution >= 4 is 54.5 Å². The Kier molecular flexibility index (Phi) is 3.91. The summed E-state index contributed by atoms with van der Waals surface area (Å²) in [5.74, 6) is 0.901. The number of nitrogens with zero attached hydrogens (tertiary/aromatic N) is 4. The molecule has 4 heteroatoms. The van der Waals surface area contributed by atoms with Crippen LogP contribution < -0.4 is 0 Å². The van der Waals surface area contributed by atoms with Gasteiger partial charge in [-0.15, -0.1) is 0 Å². The Morgan fingerprint density at radius 2 is 1.06 bits per heavy atom. The van der Waals surface area contributed by atoms with Crippen LogP contribution >= 0.6 is 0 Å². The van der Waals surface area contributed by atoms with E-state index < -0.39 is 0 Å². The van der Waals surface area contributed by atoms with Crippen LogP contribution in [0.15, 0.2) is 122 Å². The van der Waals surface area contributed by atoms with E-state index in [0.29, 0.717) is 0 Å². The molecule has 8 rings (SSSR count). The highest BCUT2D eigenvalue weighted by atomic mass is 15.1. The molecule has 36 heavy (non-hydrogen) atoms. The molecule has 168 valence electrons. The summed E-state index contributed by atoms with van der Waals surface area (Å²) in [4.78, 5) is 9.77. The number of hydrogen-bond acceptors (Lipinski definition) is 2. The van der Waals surface area contributed by atoms with Crippen LogP contribution in [0.4, 0.5) is 0 Å². The normalized spacial score (nSPS) is 11.9. The van der Waals surface area contributed by atoms with Crippen LogP contribution in [0, 0.1) is 0 Å². The fraction of sp³-hybridized carbons (Fsp3) is 0. The Morgan fingerprint density at radius 1 is 0.444 bits per heavy atom. The fourth-order valence-electron chi connectivity index (χ4n) is 5.82. The van der Waals surface area contributed by atoms with Crippen molar-refractivity contribution in [3.05, 3.63) is 122 Å². The van der Waals surface area contributed by atoms with Gasteiger partial charge in [0.15, 0.2) is 0 Å². The smallest absolute Gasteiger partial charge is 0.137 e. The van der Waals surface area contributed by atoms with Crippen molar-refractivity contribution in [2.24, 2.45) is 0 Å². The van der Waals surface area contributed by atoms with Crippen molar-refractivity contribution < 1.29 is 0 Å². The van der Waals surface area contributed by atoms with Gasteiger partial charge in [0.1, 0.15) is 5.82 Å². The number of aromatic nitrogens is 4. The van der Waals surface area contributed by atoms with Crippen LogP contribution in [0.1, 0.15) is 0 Å². The first-order valence-corrected chi connectivity index (χ1v) is 12.1. The minimum Gasteiger partial charge on any atom is -0.307 e. The standard InChI is InChI=1S/C32H20N4/c1-2-11-21(12-3-1)35-25-16-6-5-14-23(25)29-30-24(15-10-20-34-30)28-22-13-4-7-17-26(22)36(31(28)32(29)35)27-18-8-9-19-33-27/h1-20H. The molecule has 0 saturated carbocycles. The van der Waals surface area contributed by atoms with Gasteiger partial charge >= 0.3 is 0 Å². The highest BCUT2D eigenvalue weighted by molar-refractivity contribution is 6.35. The average Bonchev–Trinajstić information content (AvgIpc) is 3.48. The summed E-state index contributed by atoms with van der Waals surface area (Å²) in [6, 6.07) is 38.2. The van der Waals surface area contributed by atoms with E-state index in [0.717, 1.165) is 49.9 Å². The summed E-state index contributed by atoms with van der Waals surface area (Å²) in [5, 5.41) is 5.91. The van der Waals surface area contributed by atoms with E-state index in [2.05, 4.69) is 106 Å². The van der Waals surface area contributed by atoms with Crippen LogP contribution in [-0.2, 0) is 0 Å². The molecular weight excluding hydrogens is 440 g/mol. The van der Waals surface area contributed by atoms with Crippen LogP contribution in [-0.4, -0.2) is 19.1 Å². The second-order valence-electron chi connectivity index (χ2n) is 9.08. The van der Waals surface area contributed by atoms with Gasteiger partial charge in [0.25, 0.3) is 0 Å². The van der Waals surface area contributed by atoms with Crippen LogP contribution in [0.3, 0.4) is 0 Å². The molecule has 0 amide bonds. The summed E-state index contributed by atoms with van der Waals surface area (Å²) < 4.78 is 4.71. The third-order valence-corrected chi connectivity index (χ3v) is 7.18. The number of benzene rings is 4. The molecule has 0 aliphatic heterocycles. The Balaban J connectivity index is 1.79. The van der Waals surface area contributed by atoms with Crippen molar-refractivity contribution in [1.29, 1.82) is 0 Å². The summed E-state index contributed by atoms with van der Waals surface area (Å²) >= 11 is 0. The molecule has 0 aliphatic carbocycles. The number of pyridine rings is 2. The van der Waals surface area contributed by atoms with Gasteiger partial charge < -0.3 is 4.57 Å². The first-order valence-electron chi connectivity index (χ1n) is 12.1. The van der Waals surface area contributed by atoms with Gasteiger partial charge in [-0.3, -0.25) is 9.55 Å². The van der Waals surface area contributed by atoms with E-state index in [1.165, 1.54) is 16.2 Å². The molecule has 8 aromatic rings. The lowest BCUT2D eigenvalue weighted by Gasteiger charge is -2.13. The minimum absolute atomic E-state index is 0.901. The number of fused-ring (bicyclic) bond motifs is 10. The quantitative estimate of drug-likeness (QED) is 0.264. The van der Waals surface area contributed by atoms with Gasteiger partial charge in [0, 0.05) is 45.0 Å². The van der Waals surface area contributed by atoms with E-state index in [-0.39, 0.29) is 0 Å². The lowest BCUT2D eigenvalue weighted by molar-refractivity contribution is 1.08. The summed E-state index contributed by atoms with van der Waals surface area (Å²) in [6.07, 6.45) is 3.77. The maximum atomic E-state index is 4.97. The minimum atomic E-state index is 0.901. The van der Waals surface area contributed by atoms with Crippen LogP contribution in [0.25, 0.3) is 66.0 Å². The Bertz CT molecular complexity index is 1930. The molecule has 0 bridgehead atoms. The van der Waals surface area contributed by atoms with E-state index >= 15 is 0 Å². The molecule has 4 aromatic carbocycles. The molecule has 0 radical (unpaired) electrons. The molecule has 0 saturated heterocycles. The lowest BCUT2D eigenvalue weighted by Crippen LogP contribution is -2.00. The third kappa shape index (κ3) is 2.48. The first kappa shape index (κ1) is 19.4. The molecule has 0 aliphatic rings. The topological polar surface area (TPSA) is 35.6 Å². The highest BCUT2D eigenvalue weighted by Gasteiger charge is 2.24. The number of rotatable bonds is 2. The zero-order valence-corrected chi connectivity index (χ0v) is 19.3. The van der Waals surface area contributed by atoms with Gasteiger partial charge in [-0.2, -0.15) is 0 Å². The van der Waals surface area contributed by atoms with Crippen molar-refractivity contribution in [2.45, 2.75) is 0 Å². The monoisotopic (exact) mass is 460 g/mol. The van der Waals surface area contributed by atoms with Crippen LogP contribution in [0.5, 0.6) is 0 Å². The van der Waals surface area contributed by atoms with E-state index in [4.69, 9.17) is 9.97 Å². The van der Waals surface area contributed by atoms with Crippen molar-refractivity contribution in [3.63, 3.8) is 0 Å². The molecule has 0 fully saturated rings. The molecule has 4 heterocycles. The summed E-state index contributed by atoms with van der Waals surface area (Å²) in [5.41, 5.74) is 6.73. The zero-order valence-electron chi connectivity index (χ0n) is 19.3. The molecular formula is C32H20N4.